The molecule has 0 amide bonds. The van der Waals surface area contributed by atoms with E-state index in [9.17, 15) is 9.90 Å². The van der Waals surface area contributed by atoms with Crippen LogP contribution in [0.3, 0.4) is 0 Å². The van der Waals surface area contributed by atoms with Crippen LogP contribution in [0.4, 0.5) is 0 Å². The van der Waals surface area contributed by atoms with Crippen molar-refractivity contribution in [2.45, 2.75) is 39.4 Å². The van der Waals surface area contributed by atoms with Gasteiger partial charge in [-0.2, -0.15) is 0 Å². The van der Waals surface area contributed by atoms with Crippen molar-refractivity contribution in [3.05, 3.63) is 23.8 Å². The summed E-state index contributed by atoms with van der Waals surface area (Å²) < 4.78 is 6.48. The number of aliphatic hydroxyl groups excluding tert-OH is 1. The van der Waals surface area contributed by atoms with E-state index in [0.717, 1.165) is 10.0 Å². The quantitative estimate of drug-likeness (QED) is 0.458. The summed E-state index contributed by atoms with van der Waals surface area (Å²) in [7, 11) is 0. The van der Waals surface area contributed by atoms with Crippen molar-refractivity contribution in [1.29, 1.82) is 0 Å². The largest absolute Gasteiger partial charge is 0.461 e. The maximum absolute atomic E-state index is 12.1. The molecule has 3 nitrogen and oxygen atoms in total. The molecule has 112 valence electrons. The predicted octanol–water partition coefficient (Wildman–Crippen LogP) is 3.12. The normalized spacial score (nSPS) is 37.9. The number of fused-ring (bicyclic) bond motifs is 1. The van der Waals surface area contributed by atoms with Gasteiger partial charge in [0.15, 0.2) is 0 Å². The van der Waals surface area contributed by atoms with E-state index in [-0.39, 0.29) is 23.9 Å². The fraction of sp³-hybridized carbons (Fsp3) is 0.688. The fourth-order valence-electron chi connectivity index (χ4n) is 3.02. The molecule has 20 heavy (non-hydrogen) atoms. The van der Waals surface area contributed by atoms with E-state index >= 15 is 0 Å². The van der Waals surface area contributed by atoms with Crippen LogP contribution >= 0.6 is 22.6 Å². The molecule has 0 aromatic heterocycles. The number of halogens is 1. The molecule has 0 saturated heterocycles. The average molecular weight is 390 g/mol. The molecule has 0 heterocycles. The molecule has 0 aliphatic heterocycles. The number of hydrogen-bond donors (Lipinski definition) is 1. The number of rotatable bonds is 3. The summed E-state index contributed by atoms with van der Waals surface area (Å²) in [4.78, 5) is 12.1. The van der Waals surface area contributed by atoms with Crippen LogP contribution in [0.25, 0.3) is 0 Å². The van der Waals surface area contributed by atoms with Crippen LogP contribution < -0.4 is 0 Å². The van der Waals surface area contributed by atoms with Crippen molar-refractivity contribution in [2.24, 2.45) is 23.7 Å². The van der Waals surface area contributed by atoms with Crippen LogP contribution in [0.15, 0.2) is 23.8 Å². The van der Waals surface area contributed by atoms with E-state index in [1.54, 1.807) is 0 Å². The summed E-state index contributed by atoms with van der Waals surface area (Å²) in [5.74, 6) is 0.868. The van der Waals surface area contributed by atoms with Crippen LogP contribution in [0.2, 0.25) is 0 Å². The topological polar surface area (TPSA) is 46.5 Å². The molecule has 0 aromatic rings. The van der Waals surface area contributed by atoms with Gasteiger partial charge in [-0.1, -0.05) is 61.6 Å². The van der Waals surface area contributed by atoms with Crippen LogP contribution in [-0.4, -0.2) is 27.7 Å². The van der Waals surface area contributed by atoms with Gasteiger partial charge in [-0.05, 0) is 17.4 Å². The van der Waals surface area contributed by atoms with Crippen molar-refractivity contribution >= 4 is 28.6 Å². The lowest BCUT2D eigenvalue weighted by atomic mass is 9.69. The molecule has 0 radical (unpaired) electrons. The smallest absolute Gasteiger partial charge is 0.309 e. The Balaban J connectivity index is 2.19. The number of esters is 1. The van der Waals surface area contributed by atoms with E-state index < -0.39 is 6.10 Å². The number of carbonyl (C=O) groups is 1. The highest BCUT2D eigenvalue weighted by atomic mass is 127. The number of ether oxygens (including phenoxy) is 1. The molecular weight excluding hydrogens is 367 g/mol. The minimum atomic E-state index is -0.515. The fourth-order valence-corrected chi connectivity index (χ4v) is 3.38. The molecule has 2 aliphatic carbocycles. The Kier molecular flexibility index (Phi) is 5.29. The van der Waals surface area contributed by atoms with Crippen molar-refractivity contribution in [2.75, 3.05) is 4.43 Å². The van der Waals surface area contributed by atoms with Gasteiger partial charge in [-0.25, -0.2) is 0 Å². The van der Waals surface area contributed by atoms with Gasteiger partial charge in [0.1, 0.15) is 6.10 Å². The highest BCUT2D eigenvalue weighted by Gasteiger charge is 2.40. The minimum Gasteiger partial charge on any atom is -0.461 e. The molecule has 2 aliphatic rings. The average Bonchev–Trinajstić information content (AvgIpc) is 2.41. The standard InChI is InChI=1S/C16H23IO3/c1-9-4-5-12-6-13(18)7-14(15(12)11(9)3)20-16(19)10(2)8-17/h4-6,9-11,13-15,18H,7-8H2,1-3H3/t9-,10+,11+,13+,14+,15?/m1/s1. The van der Waals surface area contributed by atoms with Gasteiger partial charge in [-0.15, -0.1) is 0 Å². The van der Waals surface area contributed by atoms with Crippen molar-refractivity contribution < 1.29 is 14.6 Å². The molecule has 0 bridgehead atoms. The van der Waals surface area contributed by atoms with Crippen molar-refractivity contribution in [1.82, 2.24) is 0 Å². The van der Waals surface area contributed by atoms with E-state index in [4.69, 9.17) is 4.74 Å². The van der Waals surface area contributed by atoms with Gasteiger partial charge >= 0.3 is 5.97 Å². The van der Waals surface area contributed by atoms with Crippen LogP contribution in [0.1, 0.15) is 27.2 Å². The molecular formula is C16H23IO3. The molecule has 6 atom stereocenters. The molecule has 4 heteroatoms. The first-order valence-corrected chi connectivity index (χ1v) is 8.81. The first-order valence-electron chi connectivity index (χ1n) is 7.28. The Labute approximate surface area is 134 Å². The zero-order chi connectivity index (χ0) is 14.9. The number of aliphatic hydroxyl groups is 1. The Bertz CT molecular complexity index is 429. The minimum absolute atomic E-state index is 0.0889. The maximum Gasteiger partial charge on any atom is 0.309 e. The van der Waals surface area contributed by atoms with Gasteiger partial charge in [0, 0.05) is 16.8 Å². The summed E-state index contributed by atoms with van der Waals surface area (Å²) in [5, 5.41) is 9.98. The zero-order valence-electron chi connectivity index (χ0n) is 12.3. The van der Waals surface area contributed by atoms with E-state index in [2.05, 4.69) is 48.6 Å². The third-order valence-electron chi connectivity index (χ3n) is 4.53. The van der Waals surface area contributed by atoms with Crippen LogP contribution in [0, 0.1) is 23.7 Å². The molecule has 1 unspecified atom stereocenters. The molecule has 0 spiro atoms. The third kappa shape index (κ3) is 3.27. The summed E-state index contributed by atoms with van der Waals surface area (Å²) in [6.45, 7) is 6.28. The van der Waals surface area contributed by atoms with Crippen molar-refractivity contribution in [3.8, 4) is 0 Å². The SMILES string of the molecule is C[C@@H]1C=CC2=C[C@H](O)C[C@H](OC(=O)[C@@H](C)CI)C2[C@H]1C. The Morgan fingerprint density at radius 2 is 2.25 bits per heavy atom. The number of allylic oxidation sites excluding steroid dienone is 2. The van der Waals surface area contributed by atoms with E-state index in [1.807, 2.05) is 13.0 Å². The number of carbonyl (C=O) groups excluding carboxylic acids is 1. The van der Waals surface area contributed by atoms with Gasteiger partial charge in [0.05, 0.1) is 12.0 Å². The summed E-state index contributed by atoms with van der Waals surface area (Å²) in [5.41, 5.74) is 1.12. The molecule has 0 fully saturated rings. The third-order valence-corrected chi connectivity index (χ3v) is 5.85. The second kappa shape index (κ2) is 6.60. The predicted molar refractivity (Wildman–Crippen MR) is 87.6 cm³/mol. The van der Waals surface area contributed by atoms with Gasteiger partial charge < -0.3 is 9.84 Å². The van der Waals surface area contributed by atoms with Gasteiger partial charge in [0.2, 0.25) is 0 Å². The van der Waals surface area contributed by atoms with E-state index in [0.29, 0.717) is 18.3 Å². The second-order valence-corrected chi connectivity index (χ2v) is 6.98. The molecule has 0 aromatic carbocycles. The van der Waals surface area contributed by atoms with Gasteiger partial charge in [-0.3, -0.25) is 4.79 Å². The summed E-state index contributed by atoms with van der Waals surface area (Å²) in [6, 6.07) is 0. The summed E-state index contributed by atoms with van der Waals surface area (Å²) in [6.07, 6.45) is 5.97. The maximum atomic E-state index is 12.1. The molecule has 1 N–H and O–H groups in total. The number of hydrogen-bond acceptors (Lipinski definition) is 3. The number of alkyl halides is 1. The Morgan fingerprint density at radius 3 is 2.90 bits per heavy atom. The zero-order valence-corrected chi connectivity index (χ0v) is 14.4. The highest BCUT2D eigenvalue weighted by Crippen LogP contribution is 2.41. The lowest BCUT2D eigenvalue weighted by molar-refractivity contribution is -0.157. The second-order valence-electron chi connectivity index (χ2n) is 6.10. The Morgan fingerprint density at radius 1 is 1.55 bits per heavy atom. The monoisotopic (exact) mass is 390 g/mol. The van der Waals surface area contributed by atoms with Crippen LogP contribution in [-0.2, 0) is 9.53 Å². The first-order chi connectivity index (χ1) is 9.43. The summed E-state index contributed by atoms with van der Waals surface area (Å²) >= 11 is 2.20. The lowest BCUT2D eigenvalue weighted by Crippen LogP contribution is -2.42. The van der Waals surface area contributed by atoms with Crippen LogP contribution in [0.5, 0.6) is 0 Å². The van der Waals surface area contributed by atoms with Crippen molar-refractivity contribution in [3.63, 3.8) is 0 Å². The Hall–Kier alpha value is -0.360. The molecule has 0 saturated carbocycles. The van der Waals surface area contributed by atoms with E-state index in [1.165, 1.54) is 0 Å². The lowest BCUT2D eigenvalue weighted by Gasteiger charge is -2.41. The first kappa shape index (κ1) is 16.0. The van der Waals surface area contributed by atoms with Gasteiger partial charge in [0.25, 0.3) is 0 Å². The highest BCUT2D eigenvalue weighted by molar-refractivity contribution is 14.1. The molecule has 2 rings (SSSR count).